The maximum absolute atomic E-state index is 12.1. The van der Waals surface area contributed by atoms with Gasteiger partial charge in [-0.15, -0.1) is 0 Å². The predicted molar refractivity (Wildman–Crippen MR) is 82.2 cm³/mol. The van der Waals surface area contributed by atoms with Crippen LogP contribution in [0.2, 0.25) is 0 Å². The van der Waals surface area contributed by atoms with Gasteiger partial charge in [-0.05, 0) is 57.6 Å². The third kappa shape index (κ3) is 5.21. The SMILES string of the molecule is CC[C@@H](Oc1ccc(C)c(C)c1)C(=O)NCCN(C)C. The molecule has 20 heavy (non-hydrogen) atoms. The van der Waals surface area contributed by atoms with E-state index < -0.39 is 6.10 Å². The summed E-state index contributed by atoms with van der Waals surface area (Å²) in [5.41, 5.74) is 2.39. The second-order valence-corrected chi connectivity index (χ2v) is 5.36. The largest absolute Gasteiger partial charge is 0.481 e. The molecular formula is C16H26N2O2. The zero-order valence-electron chi connectivity index (χ0n) is 13.2. The molecule has 0 fully saturated rings. The molecule has 4 heteroatoms. The Kier molecular flexibility index (Phi) is 6.52. The van der Waals surface area contributed by atoms with Gasteiger partial charge in [0.25, 0.3) is 5.91 Å². The van der Waals surface area contributed by atoms with Gasteiger partial charge < -0.3 is 15.0 Å². The first-order valence-electron chi connectivity index (χ1n) is 7.10. The number of amides is 1. The Balaban J connectivity index is 2.57. The van der Waals surface area contributed by atoms with Crippen molar-refractivity contribution in [3.05, 3.63) is 29.3 Å². The molecule has 0 bridgehead atoms. The molecule has 1 aromatic carbocycles. The van der Waals surface area contributed by atoms with Crippen molar-refractivity contribution in [2.24, 2.45) is 0 Å². The van der Waals surface area contributed by atoms with Crippen molar-refractivity contribution in [1.29, 1.82) is 0 Å². The van der Waals surface area contributed by atoms with Crippen LogP contribution in [0.5, 0.6) is 5.75 Å². The Labute approximate surface area is 122 Å². The number of carbonyl (C=O) groups is 1. The monoisotopic (exact) mass is 278 g/mol. The summed E-state index contributed by atoms with van der Waals surface area (Å²) in [5.74, 6) is 0.704. The van der Waals surface area contributed by atoms with E-state index in [1.807, 2.05) is 51.0 Å². The van der Waals surface area contributed by atoms with Gasteiger partial charge in [-0.2, -0.15) is 0 Å². The van der Waals surface area contributed by atoms with Gasteiger partial charge in [-0.3, -0.25) is 4.79 Å². The minimum absolute atomic E-state index is 0.0485. The highest BCUT2D eigenvalue weighted by molar-refractivity contribution is 5.81. The fraction of sp³-hybridized carbons (Fsp3) is 0.562. The summed E-state index contributed by atoms with van der Waals surface area (Å²) in [4.78, 5) is 14.1. The lowest BCUT2D eigenvalue weighted by Gasteiger charge is -2.18. The van der Waals surface area contributed by atoms with E-state index in [0.29, 0.717) is 13.0 Å². The van der Waals surface area contributed by atoms with Crippen LogP contribution in [0.15, 0.2) is 18.2 Å². The molecule has 1 N–H and O–H groups in total. The van der Waals surface area contributed by atoms with Crippen LogP contribution in [0.3, 0.4) is 0 Å². The van der Waals surface area contributed by atoms with Gasteiger partial charge in [0.05, 0.1) is 0 Å². The number of hydrogen-bond acceptors (Lipinski definition) is 3. The Morgan fingerprint density at radius 1 is 1.30 bits per heavy atom. The average molecular weight is 278 g/mol. The van der Waals surface area contributed by atoms with Crippen LogP contribution in [-0.2, 0) is 4.79 Å². The van der Waals surface area contributed by atoms with Crippen molar-refractivity contribution in [3.63, 3.8) is 0 Å². The van der Waals surface area contributed by atoms with Gasteiger partial charge in [0.1, 0.15) is 5.75 Å². The average Bonchev–Trinajstić information content (AvgIpc) is 2.39. The summed E-state index contributed by atoms with van der Waals surface area (Å²) >= 11 is 0. The highest BCUT2D eigenvalue weighted by atomic mass is 16.5. The molecule has 1 aromatic rings. The molecule has 1 rings (SSSR count). The smallest absolute Gasteiger partial charge is 0.261 e. The molecule has 1 atom stereocenters. The van der Waals surface area contributed by atoms with Crippen LogP contribution in [0.4, 0.5) is 0 Å². The van der Waals surface area contributed by atoms with E-state index in [1.165, 1.54) is 11.1 Å². The second-order valence-electron chi connectivity index (χ2n) is 5.36. The zero-order valence-corrected chi connectivity index (χ0v) is 13.2. The van der Waals surface area contributed by atoms with E-state index in [9.17, 15) is 4.79 Å². The van der Waals surface area contributed by atoms with Crippen molar-refractivity contribution in [3.8, 4) is 5.75 Å². The van der Waals surface area contributed by atoms with E-state index in [1.54, 1.807) is 0 Å². The lowest BCUT2D eigenvalue weighted by Crippen LogP contribution is -2.40. The minimum atomic E-state index is -0.431. The normalized spacial score (nSPS) is 12.3. The Bertz CT molecular complexity index is 444. The molecule has 0 saturated carbocycles. The summed E-state index contributed by atoms with van der Waals surface area (Å²) in [7, 11) is 3.96. The molecule has 0 aromatic heterocycles. The van der Waals surface area contributed by atoms with Crippen LogP contribution in [0, 0.1) is 13.8 Å². The molecule has 0 heterocycles. The number of aryl methyl sites for hydroxylation is 2. The molecule has 0 aliphatic carbocycles. The third-order valence-corrected chi connectivity index (χ3v) is 3.28. The first kappa shape index (κ1) is 16.5. The fourth-order valence-corrected chi connectivity index (χ4v) is 1.79. The van der Waals surface area contributed by atoms with Crippen molar-refractivity contribution in [1.82, 2.24) is 10.2 Å². The number of nitrogens with zero attached hydrogens (tertiary/aromatic N) is 1. The number of carbonyl (C=O) groups excluding carboxylic acids is 1. The van der Waals surface area contributed by atoms with E-state index in [4.69, 9.17) is 4.74 Å². The molecule has 0 radical (unpaired) electrons. The minimum Gasteiger partial charge on any atom is -0.481 e. The summed E-state index contributed by atoms with van der Waals surface area (Å²) in [6, 6.07) is 5.91. The summed E-state index contributed by atoms with van der Waals surface area (Å²) < 4.78 is 5.79. The number of rotatable bonds is 7. The number of nitrogens with one attached hydrogen (secondary N) is 1. The molecule has 112 valence electrons. The van der Waals surface area contributed by atoms with E-state index in [2.05, 4.69) is 12.2 Å². The zero-order chi connectivity index (χ0) is 15.1. The Morgan fingerprint density at radius 3 is 2.55 bits per heavy atom. The summed E-state index contributed by atoms with van der Waals surface area (Å²) in [6.45, 7) is 7.52. The van der Waals surface area contributed by atoms with Crippen molar-refractivity contribution in [2.75, 3.05) is 27.2 Å². The second kappa shape index (κ2) is 7.90. The number of ether oxygens (including phenoxy) is 1. The lowest BCUT2D eigenvalue weighted by atomic mass is 10.1. The topological polar surface area (TPSA) is 41.6 Å². The molecule has 1 amide bonds. The van der Waals surface area contributed by atoms with E-state index >= 15 is 0 Å². The maximum atomic E-state index is 12.1. The number of likely N-dealkylation sites (N-methyl/N-ethyl adjacent to an activating group) is 1. The van der Waals surface area contributed by atoms with Crippen LogP contribution >= 0.6 is 0 Å². The lowest BCUT2D eigenvalue weighted by molar-refractivity contribution is -0.128. The van der Waals surface area contributed by atoms with Gasteiger partial charge in [-0.25, -0.2) is 0 Å². The third-order valence-electron chi connectivity index (χ3n) is 3.28. The van der Waals surface area contributed by atoms with Crippen LogP contribution in [0.1, 0.15) is 24.5 Å². The fourth-order valence-electron chi connectivity index (χ4n) is 1.79. The van der Waals surface area contributed by atoms with E-state index in [0.717, 1.165) is 12.3 Å². The van der Waals surface area contributed by atoms with E-state index in [-0.39, 0.29) is 5.91 Å². The first-order valence-corrected chi connectivity index (χ1v) is 7.10. The quantitative estimate of drug-likeness (QED) is 0.831. The van der Waals surface area contributed by atoms with Gasteiger partial charge >= 0.3 is 0 Å². The van der Waals surface area contributed by atoms with Gasteiger partial charge in [0.15, 0.2) is 6.10 Å². The van der Waals surface area contributed by atoms with Crippen molar-refractivity contribution in [2.45, 2.75) is 33.3 Å². The predicted octanol–water partition coefficient (Wildman–Crippen LogP) is 2.14. The number of benzene rings is 1. The summed E-state index contributed by atoms with van der Waals surface area (Å²) in [6.07, 6.45) is 0.222. The molecule has 0 spiro atoms. The van der Waals surface area contributed by atoms with Crippen LogP contribution in [0.25, 0.3) is 0 Å². The standard InChI is InChI=1S/C16H26N2O2/c1-6-15(16(19)17-9-10-18(4)5)20-14-8-7-12(2)13(3)11-14/h7-8,11,15H,6,9-10H2,1-5H3,(H,17,19)/t15-/m1/s1. The van der Waals surface area contributed by atoms with Crippen molar-refractivity contribution < 1.29 is 9.53 Å². The summed E-state index contributed by atoms with van der Waals surface area (Å²) in [5, 5.41) is 2.91. The molecular weight excluding hydrogens is 252 g/mol. The molecule has 0 aliphatic heterocycles. The molecule has 4 nitrogen and oxygen atoms in total. The van der Waals surface area contributed by atoms with Crippen LogP contribution < -0.4 is 10.1 Å². The van der Waals surface area contributed by atoms with Gasteiger partial charge in [0.2, 0.25) is 0 Å². The Morgan fingerprint density at radius 2 is 2.00 bits per heavy atom. The number of hydrogen-bond donors (Lipinski definition) is 1. The maximum Gasteiger partial charge on any atom is 0.261 e. The molecule has 0 unspecified atom stereocenters. The van der Waals surface area contributed by atoms with Gasteiger partial charge in [0, 0.05) is 13.1 Å². The highest BCUT2D eigenvalue weighted by Crippen LogP contribution is 2.18. The Hall–Kier alpha value is -1.55. The van der Waals surface area contributed by atoms with Gasteiger partial charge in [-0.1, -0.05) is 13.0 Å². The molecule has 0 saturated heterocycles. The van der Waals surface area contributed by atoms with Crippen LogP contribution in [-0.4, -0.2) is 44.1 Å². The van der Waals surface area contributed by atoms with Crippen molar-refractivity contribution >= 4 is 5.91 Å². The highest BCUT2D eigenvalue weighted by Gasteiger charge is 2.17. The first-order chi connectivity index (χ1) is 9.43. The molecule has 0 aliphatic rings.